The fraction of sp³-hybridized carbons (Fsp3) is 0.524. The van der Waals surface area contributed by atoms with Crippen molar-refractivity contribution >= 4 is 5.82 Å². The average molecular weight is 367 g/mol. The Bertz CT molecular complexity index is 894. The maximum Gasteiger partial charge on any atom is 0.154 e. The summed E-state index contributed by atoms with van der Waals surface area (Å²) < 4.78 is 6.14. The van der Waals surface area contributed by atoms with Gasteiger partial charge < -0.3 is 20.3 Å². The van der Waals surface area contributed by atoms with E-state index in [1.807, 2.05) is 19.1 Å². The van der Waals surface area contributed by atoms with Crippen LogP contribution in [0, 0.1) is 6.92 Å². The molecular formula is C21H25N3O3. The van der Waals surface area contributed by atoms with E-state index in [0.29, 0.717) is 12.4 Å². The van der Waals surface area contributed by atoms with Gasteiger partial charge in [-0.2, -0.15) is 0 Å². The Kier molecular flexibility index (Phi) is 3.88. The summed E-state index contributed by atoms with van der Waals surface area (Å²) in [6.07, 6.45) is 5.36. The molecule has 2 aliphatic carbocycles. The van der Waals surface area contributed by atoms with Crippen molar-refractivity contribution < 1.29 is 14.9 Å². The third-order valence-electron chi connectivity index (χ3n) is 6.23. The second kappa shape index (κ2) is 6.17. The molecule has 142 valence electrons. The minimum Gasteiger partial charge on any atom is -0.507 e. The van der Waals surface area contributed by atoms with E-state index in [9.17, 15) is 10.2 Å². The Balaban J connectivity index is 1.58. The largest absolute Gasteiger partial charge is 0.507 e. The van der Waals surface area contributed by atoms with Gasteiger partial charge in [-0.25, -0.2) is 0 Å². The minimum absolute atomic E-state index is 0.0128. The van der Waals surface area contributed by atoms with Crippen LogP contribution in [0.4, 0.5) is 5.82 Å². The number of ether oxygens (including phenoxy) is 1. The lowest BCUT2D eigenvalue weighted by molar-refractivity contribution is 0.00828. The van der Waals surface area contributed by atoms with Crippen molar-refractivity contribution in [1.82, 2.24) is 10.2 Å². The van der Waals surface area contributed by atoms with Crippen molar-refractivity contribution in [3.8, 4) is 17.0 Å². The summed E-state index contributed by atoms with van der Waals surface area (Å²) in [5.41, 5.74) is 4.53. The van der Waals surface area contributed by atoms with Crippen molar-refractivity contribution in [3.05, 3.63) is 34.9 Å². The molecule has 1 aromatic carbocycles. The number of aliphatic hydroxyl groups excluding tert-OH is 1. The second-order valence-corrected chi connectivity index (χ2v) is 8.27. The first-order valence-corrected chi connectivity index (χ1v) is 9.82. The van der Waals surface area contributed by atoms with Gasteiger partial charge in [0.25, 0.3) is 0 Å². The number of phenols is 1. The quantitative estimate of drug-likeness (QED) is 0.773. The third-order valence-corrected chi connectivity index (χ3v) is 6.23. The molecule has 5 rings (SSSR count). The van der Waals surface area contributed by atoms with Crippen LogP contribution in [-0.4, -0.2) is 38.2 Å². The maximum atomic E-state index is 10.5. The number of hydrogen-bond donors (Lipinski definition) is 3. The average Bonchev–Trinajstić information content (AvgIpc) is 3.27. The molecule has 2 saturated carbocycles. The van der Waals surface area contributed by atoms with Crippen molar-refractivity contribution in [3.63, 3.8) is 0 Å². The number of hydrogen-bond acceptors (Lipinski definition) is 6. The van der Waals surface area contributed by atoms with E-state index in [0.717, 1.165) is 66.5 Å². The van der Waals surface area contributed by atoms with Crippen LogP contribution in [0.2, 0.25) is 0 Å². The van der Waals surface area contributed by atoms with Gasteiger partial charge in [-0.15, -0.1) is 10.2 Å². The first-order valence-electron chi connectivity index (χ1n) is 9.82. The summed E-state index contributed by atoms with van der Waals surface area (Å²) in [5.74, 6) is 0.941. The zero-order valence-corrected chi connectivity index (χ0v) is 15.5. The number of fused-ring (bicyclic) bond motifs is 1. The number of nitrogens with one attached hydrogen (secondary N) is 1. The molecule has 0 bridgehead atoms. The van der Waals surface area contributed by atoms with Crippen LogP contribution in [0.25, 0.3) is 11.3 Å². The molecule has 2 aromatic rings. The number of phenolic OH excluding ortho intramolecular Hbond substituents is 1. The summed E-state index contributed by atoms with van der Waals surface area (Å²) in [6.45, 7) is 2.45. The van der Waals surface area contributed by atoms with E-state index in [1.54, 1.807) is 6.07 Å². The number of aromatic hydroxyl groups is 1. The molecule has 1 spiro atoms. The molecule has 27 heavy (non-hydrogen) atoms. The van der Waals surface area contributed by atoms with Crippen LogP contribution in [0.3, 0.4) is 0 Å². The highest BCUT2D eigenvalue weighted by molar-refractivity contribution is 5.73. The molecule has 0 unspecified atom stereocenters. The zero-order valence-electron chi connectivity index (χ0n) is 15.5. The number of aromatic nitrogens is 2. The molecule has 0 saturated heterocycles. The molecule has 2 fully saturated rings. The second-order valence-electron chi connectivity index (χ2n) is 8.27. The van der Waals surface area contributed by atoms with Gasteiger partial charge in [0.05, 0.1) is 24.4 Å². The molecule has 0 radical (unpaired) electrons. The molecular weight excluding hydrogens is 342 g/mol. The summed E-state index contributed by atoms with van der Waals surface area (Å²) >= 11 is 0. The zero-order chi connectivity index (χ0) is 18.6. The molecule has 6 heteroatoms. The van der Waals surface area contributed by atoms with Gasteiger partial charge >= 0.3 is 0 Å². The SMILES string of the molecule is Cc1ccc(-c2nnc(N[C@@H]3CCC[C@@H]3O)c3c2CC2(CC2)OC3)c(O)c1. The summed E-state index contributed by atoms with van der Waals surface area (Å²) in [5, 5.41) is 33.0. The van der Waals surface area contributed by atoms with E-state index >= 15 is 0 Å². The van der Waals surface area contributed by atoms with Gasteiger partial charge in [-0.05, 0) is 62.3 Å². The first kappa shape index (κ1) is 17.0. The predicted molar refractivity (Wildman–Crippen MR) is 102 cm³/mol. The van der Waals surface area contributed by atoms with Gasteiger partial charge in [0, 0.05) is 17.5 Å². The molecule has 3 N–H and O–H groups in total. The van der Waals surface area contributed by atoms with E-state index < -0.39 is 0 Å². The topological polar surface area (TPSA) is 87.5 Å². The highest BCUT2D eigenvalue weighted by atomic mass is 16.5. The lowest BCUT2D eigenvalue weighted by Gasteiger charge is -2.29. The van der Waals surface area contributed by atoms with Crippen molar-refractivity contribution in [2.75, 3.05) is 5.32 Å². The van der Waals surface area contributed by atoms with Gasteiger partial charge in [0.2, 0.25) is 0 Å². The van der Waals surface area contributed by atoms with Crippen LogP contribution in [0.15, 0.2) is 18.2 Å². The van der Waals surface area contributed by atoms with Gasteiger partial charge in [0.1, 0.15) is 11.4 Å². The highest BCUT2D eigenvalue weighted by Crippen LogP contribution is 2.49. The summed E-state index contributed by atoms with van der Waals surface area (Å²) in [7, 11) is 0. The third kappa shape index (κ3) is 2.97. The van der Waals surface area contributed by atoms with Crippen LogP contribution in [0.1, 0.15) is 48.8 Å². The monoisotopic (exact) mass is 367 g/mol. The number of aliphatic hydroxyl groups is 1. The lowest BCUT2D eigenvalue weighted by Crippen LogP contribution is -2.31. The van der Waals surface area contributed by atoms with Gasteiger partial charge in [-0.3, -0.25) is 0 Å². The summed E-state index contributed by atoms with van der Waals surface area (Å²) in [6, 6.07) is 5.67. The molecule has 2 atom stereocenters. The fourth-order valence-corrected chi connectivity index (χ4v) is 4.37. The van der Waals surface area contributed by atoms with Crippen LogP contribution < -0.4 is 5.32 Å². The van der Waals surface area contributed by atoms with Crippen LogP contribution in [-0.2, 0) is 17.8 Å². The number of anilines is 1. The standard InChI is InChI=1S/C21H25N3O3/c1-12-5-6-13(18(26)9-12)19-14-10-21(7-8-21)27-11-15(14)20(24-23-19)22-16-3-2-4-17(16)25/h5-6,9,16-17,25-26H,2-4,7-8,10-11H2,1H3,(H,22,24)/t16-,17+/m1/s1. The van der Waals surface area contributed by atoms with Crippen LogP contribution >= 0.6 is 0 Å². The van der Waals surface area contributed by atoms with E-state index in [-0.39, 0.29) is 23.5 Å². The number of aryl methyl sites for hydroxylation is 1. The normalized spacial score (nSPS) is 25.4. The lowest BCUT2D eigenvalue weighted by atomic mass is 9.93. The number of rotatable bonds is 3. The molecule has 6 nitrogen and oxygen atoms in total. The molecule has 1 aliphatic heterocycles. The first-order chi connectivity index (χ1) is 13.0. The van der Waals surface area contributed by atoms with E-state index in [1.165, 1.54) is 0 Å². The van der Waals surface area contributed by atoms with E-state index in [2.05, 4.69) is 15.5 Å². The molecule has 2 heterocycles. The van der Waals surface area contributed by atoms with E-state index in [4.69, 9.17) is 4.74 Å². The van der Waals surface area contributed by atoms with Crippen LogP contribution in [0.5, 0.6) is 5.75 Å². The smallest absolute Gasteiger partial charge is 0.154 e. The number of nitrogens with zero attached hydrogens (tertiary/aromatic N) is 2. The fourth-order valence-electron chi connectivity index (χ4n) is 4.37. The molecule has 1 aromatic heterocycles. The van der Waals surface area contributed by atoms with Crippen molar-refractivity contribution in [2.24, 2.45) is 0 Å². The Hall–Kier alpha value is -2.18. The molecule has 3 aliphatic rings. The van der Waals surface area contributed by atoms with Gasteiger partial charge in [-0.1, -0.05) is 6.07 Å². The Morgan fingerprint density at radius 1 is 1.19 bits per heavy atom. The predicted octanol–water partition coefficient (Wildman–Crippen LogP) is 3.09. The highest BCUT2D eigenvalue weighted by Gasteiger charge is 2.48. The van der Waals surface area contributed by atoms with Crippen molar-refractivity contribution in [2.45, 2.75) is 69.8 Å². The Morgan fingerprint density at radius 3 is 2.74 bits per heavy atom. The van der Waals surface area contributed by atoms with Crippen molar-refractivity contribution in [1.29, 1.82) is 0 Å². The maximum absolute atomic E-state index is 10.5. The Labute approximate surface area is 158 Å². The Morgan fingerprint density at radius 2 is 2.04 bits per heavy atom. The summed E-state index contributed by atoms with van der Waals surface area (Å²) in [4.78, 5) is 0. The van der Waals surface area contributed by atoms with Gasteiger partial charge in [0.15, 0.2) is 5.82 Å². The minimum atomic E-state index is -0.345. The molecule has 0 amide bonds. The number of benzene rings is 1.